The van der Waals surface area contributed by atoms with Crippen molar-refractivity contribution < 1.29 is 9.84 Å². The van der Waals surface area contributed by atoms with Crippen molar-refractivity contribution in [3.63, 3.8) is 0 Å². The van der Waals surface area contributed by atoms with Crippen molar-refractivity contribution in [3.8, 4) is 11.5 Å². The number of aliphatic hydroxyl groups excluding tert-OH is 1. The summed E-state index contributed by atoms with van der Waals surface area (Å²) in [5.74, 6) is 1.35. The molecule has 0 aliphatic rings. The van der Waals surface area contributed by atoms with Crippen LogP contribution < -0.4 is 4.74 Å². The van der Waals surface area contributed by atoms with Crippen LogP contribution in [0.1, 0.15) is 5.56 Å². The highest BCUT2D eigenvalue weighted by Gasteiger charge is 2.06. The first kappa shape index (κ1) is 13.0. The summed E-state index contributed by atoms with van der Waals surface area (Å²) in [6.07, 6.45) is 3.40. The van der Waals surface area contributed by atoms with Gasteiger partial charge in [-0.3, -0.25) is 4.98 Å². The van der Waals surface area contributed by atoms with Crippen LogP contribution in [0.15, 0.2) is 53.3 Å². The number of rotatable bonds is 3. The molecule has 5 heteroatoms. The predicted molar refractivity (Wildman–Crippen MR) is 79.7 cm³/mol. The summed E-state index contributed by atoms with van der Waals surface area (Å²) in [4.78, 5) is 8.60. The largest absolute Gasteiger partial charge is 0.455 e. The zero-order valence-corrected chi connectivity index (χ0v) is 12.0. The molecule has 3 rings (SSSR count). The van der Waals surface area contributed by atoms with Crippen LogP contribution in [-0.2, 0) is 6.61 Å². The number of nitrogens with zero attached hydrogens (tertiary/aromatic N) is 2. The Labute approximate surface area is 124 Å². The van der Waals surface area contributed by atoms with Crippen molar-refractivity contribution in [2.24, 2.45) is 0 Å². The van der Waals surface area contributed by atoms with Crippen molar-refractivity contribution in [1.29, 1.82) is 0 Å². The Kier molecular flexibility index (Phi) is 3.62. The highest BCUT2D eigenvalue weighted by atomic mass is 79.9. The van der Waals surface area contributed by atoms with Crippen LogP contribution in [0.3, 0.4) is 0 Å². The molecule has 3 aromatic rings. The van der Waals surface area contributed by atoms with Crippen LogP contribution in [0.25, 0.3) is 11.0 Å². The summed E-state index contributed by atoms with van der Waals surface area (Å²) in [5.41, 5.74) is 2.32. The summed E-state index contributed by atoms with van der Waals surface area (Å²) in [7, 11) is 0. The number of hydrogen-bond acceptors (Lipinski definition) is 4. The van der Waals surface area contributed by atoms with Gasteiger partial charge in [0.05, 0.1) is 12.1 Å². The molecule has 0 amide bonds. The lowest BCUT2D eigenvalue weighted by molar-refractivity contribution is 0.281. The Hall–Kier alpha value is -1.98. The second-order valence-electron chi connectivity index (χ2n) is 4.23. The molecule has 0 spiro atoms. The van der Waals surface area contributed by atoms with Gasteiger partial charge in [-0.2, -0.15) is 0 Å². The fourth-order valence-corrected chi connectivity index (χ4v) is 2.17. The normalized spacial score (nSPS) is 10.7. The van der Waals surface area contributed by atoms with E-state index in [1.807, 2.05) is 30.3 Å². The van der Waals surface area contributed by atoms with E-state index < -0.39 is 0 Å². The molecule has 0 atom stereocenters. The maximum atomic E-state index is 9.02. The van der Waals surface area contributed by atoms with Gasteiger partial charge in [0.15, 0.2) is 5.75 Å². The van der Waals surface area contributed by atoms with E-state index in [1.54, 1.807) is 18.5 Å². The number of aliphatic hydroxyl groups is 1. The van der Waals surface area contributed by atoms with Crippen LogP contribution in [-0.4, -0.2) is 15.1 Å². The van der Waals surface area contributed by atoms with Gasteiger partial charge in [-0.25, -0.2) is 4.98 Å². The van der Waals surface area contributed by atoms with Gasteiger partial charge in [0, 0.05) is 22.9 Å². The smallest absolute Gasteiger partial charge is 0.156 e. The molecule has 0 unspecified atom stereocenters. The highest BCUT2D eigenvalue weighted by Crippen LogP contribution is 2.28. The number of hydrogen-bond donors (Lipinski definition) is 1. The number of benzene rings is 1. The van der Waals surface area contributed by atoms with Gasteiger partial charge < -0.3 is 9.84 Å². The van der Waals surface area contributed by atoms with E-state index in [-0.39, 0.29) is 6.61 Å². The van der Waals surface area contributed by atoms with Gasteiger partial charge in [-0.1, -0.05) is 12.1 Å². The Morgan fingerprint density at radius 1 is 1.10 bits per heavy atom. The summed E-state index contributed by atoms with van der Waals surface area (Å²) in [5, 5.41) is 9.02. The first-order valence-electron chi connectivity index (χ1n) is 6.04. The summed E-state index contributed by atoms with van der Waals surface area (Å²) >= 11 is 3.37. The van der Waals surface area contributed by atoms with Gasteiger partial charge in [-0.05, 0) is 39.7 Å². The lowest BCUT2D eigenvalue weighted by atomic mass is 10.2. The molecule has 0 aliphatic carbocycles. The van der Waals surface area contributed by atoms with Crippen LogP contribution in [0.5, 0.6) is 11.5 Å². The molecule has 4 nitrogen and oxygen atoms in total. The third-order valence-corrected chi connectivity index (χ3v) is 3.27. The van der Waals surface area contributed by atoms with Crippen molar-refractivity contribution in [2.45, 2.75) is 6.61 Å². The van der Waals surface area contributed by atoms with Crippen LogP contribution in [0.4, 0.5) is 0 Å². The second-order valence-corrected chi connectivity index (χ2v) is 5.15. The number of pyridine rings is 2. The summed E-state index contributed by atoms with van der Waals surface area (Å²) in [6, 6.07) is 11.0. The van der Waals surface area contributed by atoms with Gasteiger partial charge in [0.2, 0.25) is 0 Å². The first-order valence-corrected chi connectivity index (χ1v) is 6.83. The SMILES string of the molecule is OCc1ccc(Oc2ccnc3cc(Br)cnc23)cc1. The van der Waals surface area contributed by atoms with Crippen LogP contribution in [0.2, 0.25) is 0 Å². The molecule has 100 valence electrons. The molecular formula is C15H11BrN2O2. The van der Waals surface area contributed by atoms with Crippen molar-refractivity contribution in [1.82, 2.24) is 9.97 Å². The van der Waals surface area contributed by atoms with Crippen LogP contribution >= 0.6 is 15.9 Å². The Bertz CT molecular complexity index is 744. The van der Waals surface area contributed by atoms with E-state index >= 15 is 0 Å². The molecule has 2 aromatic heterocycles. The molecule has 0 bridgehead atoms. The van der Waals surface area contributed by atoms with E-state index in [1.165, 1.54) is 0 Å². The molecule has 1 aromatic carbocycles. The summed E-state index contributed by atoms with van der Waals surface area (Å²) < 4.78 is 6.71. The first-order chi connectivity index (χ1) is 9.76. The number of halogens is 1. The van der Waals surface area contributed by atoms with Gasteiger partial charge >= 0.3 is 0 Å². The average molecular weight is 331 g/mol. The number of ether oxygens (including phenoxy) is 1. The molecule has 0 saturated heterocycles. The van der Waals surface area contributed by atoms with E-state index in [0.717, 1.165) is 15.6 Å². The maximum absolute atomic E-state index is 9.02. The van der Waals surface area contributed by atoms with Crippen LogP contribution in [0, 0.1) is 0 Å². The highest BCUT2D eigenvalue weighted by molar-refractivity contribution is 9.10. The monoisotopic (exact) mass is 330 g/mol. The fourth-order valence-electron chi connectivity index (χ4n) is 1.85. The predicted octanol–water partition coefficient (Wildman–Crippen LogP) is 3.68. The summed E-state index contributed by atoms with van der Waals surface area (Å²) in [6.45, 7) is 0.0219. The number of fused-ring (bicyclic) bond motifs is 1. The zero-order chi connectivity index (χ0) is 13.9. The Morgan fingerprint density at radius 2 is 1.90 bits per heavy atom. The van der Waals surface area contributed by atoms with E-state index in [9.17, 15) is 0 Å². The van der Waals surface area contributed by atoms with Gasteiger partial charge in [-0.15, -0.1) is 0 Å². The minimum absolute atomic E-state index is 0.0219. The Morgan fingerprint density at radius 3 is 2.65 bits per heavy atom. The topological polar surface area (TPSA) is 55.2 Å². The van der Waals surface area contributed by atoms with Crippen molar-refractivity contribution in [3.05, 3.63) is 58.8 Å². The molecule has 0 fully saturated rings. The molecule has 20 heavy (non-hydrogen) atoms. The minimum Gasteiger partial charge on any atom is -0.455 e. The third-order valence-electron chi connectivity index (χ3n) is 2.84. The lowest BCUT2D eigenvalue weighted by Crippen LogP contribution is -1.90. The third kappa shape index (κ3) is 2.64. The Balaban J connectivity index is 1.97. The van der Waals surface area contributed by atoms with E-state index in [4.69, 9.17) is 9.84 Å². The standard InChI is InChI=1S/C15H11BrN2O2/c16-11-7-13-15(18-8-11)14(5-6-17-13)20-12-3-1-10(9-19)2-4-12/h1-8,19H,9H2. The quantitative estimate of drug-likeness (QED) is 0.795. The molecule has 0 aliphatic heterocycles. The number of aromatic nitrogens is 2. The van der Waals surface area contributed by atoms with E-state index in [0.29, 0.717) is 17.0 Å². The fraction of sp³-hybridized carbons (Fsp3) is 0.0667. The lowest BCUT2D eigenvalue weighted by Gasteiger charge is -2.08. The molecule has 1 N–H and O–H groups in total. The zero-order valence-electron chi connectivity index (χ0n) is 10.5. The molecular weight excluding hydrogens is 320 g/mol. The van der Waals surface area contributed by atoms with Crippen molar-refractivity contribution in [2.75, 3.05) is 0 Å². The average Bonchev–Trinajstić information content (AvgIpc) is 2.48. The van der Waals surface area contributed by atoms with E-state index in [2.05, 4.69) is 25.9 Å². The molecule has 0 radical (unpaired) electrons. The van der Waals surface area contributed by atoms with Gasteiger partial charge in [0.25, 0.3) is 0 Å². The van der Waals surface area contributed by atoms with Crippen molar-refractivity contribution >= 4 is 27.0 Å². The second kappa shape index (κ2) is 5.56. The molecule has 0 saturated carbocycles. The maximum Gasteiger partial charge on any atom is 0.156 e. The van der Waals surface area contributed by atoms with Gasteiger partial charge in [0.1, 0.15) is 11.3 Å². The molecule has 2 heterocycles. The minimum atomic E-state index is 0.0219.